The van der Waals surface area contributed by atoms with E-state index in [1.54, 1.807) is 0 Å². The molecule has 0 unspecified atom stereocenters. The standard InChI is InChI=1S/C20H31N3O2/c1-13(2)22-19(24)23-15-9-7-14(8-10-15)12-21-17-16-6-5-11-25-18(16)20(17,3)4/h7-10,13,16-18,21H,5-6,11-12H2,1-4H3,(H2,22,23,24)/t16-,17-,18-/m1/s1. The predicted molar refractivity (Wildman–Crippen MR) is 101 cm³/mol. The topological polar surface area (TPSA) is 62.4 Å². The zero-order chi connectivity index (χ0) is 18.0. The maximum Gasteiger partial charge on any atom is 0.319 e. The van der Waals surface area contributed by atoms with Gasteiger partial charge in [0.1, 0.15) is 0 Å². The number of fused-ring (bicyclic) bond motifs is 1. The van der Waals surface area contributed by atoms with E-state index in [9.17, 15) is 4.79 Å². The van der Waals surface area contributed by atoms with E-state index in [4.69, 9.17) is 4.74 Å². The van der Waals surface area contributed by atoms with Crippen molar-refractivity contribution < 1.29 is 9.53 Å². The minimum Gasteiger partial charge on any atom is -0.377 e. The quantitative estimate of drug-likeness (QED) is 0.765. The van der Waals surface area contributed by atoms with Crippen molar-refractivity contribution in [3.05, 3.63) is 29.8 Å². The normalized spacial score (nSPS) is 27.3. The number of carbonyl (C=O) groups excluding carboxylic acids is 1. The molecule has 1 heterocycles. The van der Waals surface area contributed by atoms with Crippen molar-refractivity contribution in [1.82, 2.24) is 10.6 Å². The molecular weight excluding hydrogens is 314 g/mol. The van der Waals surface area contributed by atoms with Gasteiger partial charge in [0.05, 0.1) is 6.10 Å². The SMILES string of the molecule is CC(C)NC(=O)Nc1ccc(CN[C@@H]2[C@H]3CCCO[C@H]3C2(C)C)cc1. The zero-order valence-electron chi connectivity index (χ0n) is 15.8. The van der Waals surface area contributed by atoms with Gasteiger partial charge in [-0.1, -0.05) is 26.0 Å². The molecule has 0 bridgehead atoms. The number of urea groups is 1. The Kier molecular flexibility index (Phi) is 5.35. The van der Waals surface area contributed by atoms with Crippen molar-refractivity contribution >= 4 is 11.7 Å². The Morgan fingerprint density at radius 1 is 1.28 bits per heavy atom. The summed E-state index contributed by atoms with van der Waals surface area (Å²) in [5.74, 6) is 0.643. The molecule has 2 fully saturated rings. The van der Waals surface area contributed by atoms with Crippen molar-refractivity contribution in [3.8, 4) is 0 Å². The number of hydrogen-bond acceptors (Lipinski definition) is 3. The van der Waals surface area contributed by atoms with Crippen molar-refractivity contribution in [1.29, 1.82) is 0 Å². The van der Waals surface area contributed by atoms with Crippen LogP contribution in [0.5, 0.6) is 0 Å². The van der Waals surface area contributed by atoms with Gasteiger partial charge in [0.15, 0.2) is 0 Å². The Morgan fingerprint density at radius 2 is 2.00 bits per heavy atom. The van der Waals surface area contributed by atoms with Crippen LogP contribution in [-0.2, 0) is 11.3 Å². The van der Waals surface area contributed by atoms with E-state index in [0.29, 0.717) is 18.1 Å². The number of anilines is 1. The fourth-order valence-corrected chi connectivity index (χ4v) is 4.30. The molecule has 5 nitrogen and oxygen atoms in total. The Hall–Kier alpha value is -1.59. The van der Waals surface area contributed by atoms with Gasteiger partial charge < -0.3 is 20.7 Å². The van der Waals surface area contributed by atoms with Crippen molar-refractivity contribution in [3.63, 3.8) is 0 Å². The van der Waals surface area contributed by atoms with Crippen LogP contribution < -0.4 is 16.0 Å². The van der Waals surface area contributed by atoms with Crippen LogP contribution in [0, 0.1) is 11.3 Å². The molecule has 1 saturated heterocycles. The van der Waals surface area contributed by atoms with E-state index in [1.807, 2.05) is 26.0 Å². The lowest BCUT2D eigenvalue weighted by atomic mass is 9.55. The van der Waals surface area contributed by atoms with Crippen LogP contribution in [-0.4, -0.2) is 30.8 Å². The average molecular weight is 345 g/mol. The van der Waals surface area contributed by atoms with Gasteiger partial charge in [-0.25, -0.2) is 4.79 Å². The molecule has 0 radical (unpaired) electrons. The molecule has 3 N–H and O–H groups in total. The second-order valence-corrected chi connectivity index (χ2v) is 8.23. The van der Waals surface area contributed by atoms with Crippen LogP contribution in [0.4, 0.5) is 10.5 Å². The summed E-state index contributed by atoms with van der Waals surface area (Å²) in [7, 11) is 0. The number of rotatable bonds is 5. The van der Waals surface area contributed by atoms with Crippen molar-refractivity contribution in [2.24, 2.45) is 11.3 Å². The van der Waals surface area contributed by atoms with Crippen LogP contribution in [0.25, 0.3) is 0 Å². The Balaban J connectivity index is 1.51. The second-order valence-electron chi connectivity index (χ2n) is 8.23. The smallest absolute Gasteiger partial charge is 0.319 e. The minimum atomic E-state index is -0.166. The van der Waals surface area contributed by atoms with Crippen LogP contribution >= 0.6 is 0 Å². The molecule has 0 spiro atoms. The number of ether oxygens (including phenoxy) is 1. The fourth-order valence-electron chi connectivity index (χ4n) is 4.30. The summed E-state index contributed by atoms with van der Waals surface area (Å²) in [6, 6.07) is 8.51. The third-order valence-electron chi connectivity index (χ3n) is 5.49. The molecule has 2 aliphatic rings. The molecule has 1 aliphatic carbocycles. The van der Waals surface area contributed by atoms with Crippen LogP contribution in [0.3, 0.4) is 0 Å². The summed E-state index contributed by atoms with van der Waals surface area (Å²) in [5.41, 5.74) is 2.24. The van der Waals surface area contributed by atoms with E-state index in [1.165, 1.54) is 18.4 Å². The molecule has 3 rings (SSSR count). The van der Waals surface area contributed by atoms with Gasteiger partial charge in [0.2, 0.25) is 0 Å². The van der Waals surface area contributed by atoms with E-state index in [-0.39, 0.29) is 17.5 Å². The molecular formula is C20H31N3O2. The number of amides is 2. The number of nitrogens with one attached hydrogen (secondary N) is 3. The van der Waals surface area contributed by atoms with E-state index in [0.717, 1.165) is 18.8 Å². The van der Waals surface area contributed by atoms with E-state index >= 15 is 0 Å². The molecule has 0 aromatic heterocycles. The first-order chi connectivity index (χ1) is 11.9. The summed E-state index contributed by atoms with van der Waals surface area (Å²) in [4.78, 5) is 11.7. The van der Waals surface area contributed by atoms with Crippen LogP contribution in [0.1, 0.15) is 46.1 Å². The highest BCUT2D eigenvalue weighted by molar-refractivity contribution is 5.89. The lowest BCUT2D eigenvalue weighted by Gasteiger charge is -2.60. The molecule has 138 valence electrons. The van der Waals surface area contributed by atoms with Gasteiger partial charge in [-0.3, -0.25) is 0 Å². The lowest BCUT2D eigenvalue weighted by molar-refractivity contribution is -0.192. The average Bonchev–Trinajstić information content (AvgIpc) is 2.55. The Morgan fingerprint density at radius 3 is 2.68 bits per heavy atom. The number of carbonyl (C=O) groups is 1. The zero-order valence-corrected chi connectivity index (χ0v) is 15.8. The highest BCUT2D eigenvalue weighted by Gasteiger charge is 2.57. The molecule has 1 aromatic carbocycles. The van der Waals surface area contributed by atoms with Gasteiger partial charge in [-0.05, 0) is 44.4 Å². The predicted octanol–water partition coefficient (Wildman–Crippen LogP) is 3.51. The molecule has 1 saturated carbocycles. The molecule has 1 aliphatic heterocycles. The first-order valence-corrected chi connectivity index (χ1v) is 9.39. The van der Waals surface area contributed by atoms with Gasteiger partial charge in [0.25, 0.3) is 0 Å². The molecule has 3 atom stereocenters. The minimum absolute atomic E-state index is 0.127. The highest BCUT2D eigenvalue weighted by atomic mass is 16.5. The van der Waals surface area contributed by atoms with Crippen LogP contribution in [0.2, 0.25) is 0 Å². The fraction of sp³-hybridized carbons (Fsp3) is 0.650. The van der Waals surface area contributed by atoms with E-state index in [2.05, 4.69) is 41.9 Å². The second kappa shape index (κ2) is 7.34. The van der Waals surface area contributed by atoms with Gasteiger partial charge in [-0.15, -0.1) is 0 Å². The molecule has 5 heteroatoms. The molecule has 1 aromatic rings. The van der Waals surface area contributed by atoms with Crippen molar-refractivity contribution in [2.75, 3.05) is 11.9 Å². The summed E-state index contributed by atoms with van der Waals surface area (Å²) < 4.78 is 5.97. The van der Waals surface area contributed by atoms with E-state index < -0.39 is 0 Å². The third-order valence-corrected chi connectivity index (χ3v) is 5.49. The summed E-state index contributed by atoms with van der Waals surface area (Å²) >= 11 is 0. The summed E-state index contributed by atoms with van der Waals surface area (Å²) in [5, 5.41) is 9.40. The Labute approximate surface area is 150 Å². The third kappa shape index (κ3) is 3.98. The maximum atomic E-state index is 11.7. The van der Waals surface area contributed by atoms with Crippen LogP contribution in [0.15, 0.2) is 24.3 Å². The first-order valence-electron chi connectivity index (χ1n) is 9.39. The number of benzene rings is 1. The molecule has 25 heavy (non-hydrogen) atoms. The highest BCUT2D eigenvalue weighted by Crippen LogP contribution is 2.51. The summed E-state index contributed by atoms with van der Waals surface area (Å²) in [6.07, 6.45) is 2.85. The lowest BCUT2D eigenvalue weighted by Crippen LogP contribution is -2.69. The van der Waals surface area contributed by atoms with Gasteiger partial charge in [0, 0.05) is 42.3 Å². The van der Waals surface area contributed by atoms with Crippen molar-refractivity contribution in [2.45, 2.75) is 65.3 Å². The number of hydrogen-bond donors (Lipinski definition) is 3. The Bertz CT molecular complexity index is 597. The first kappa shape index (κ1) is 18.2. The molecule has 2 amide bonds. The van der Waals surface area contributed by atoms with Gasteiger partial charge in [-0.2, -0.15) is 0 Å². The van der Waals surface area contributed by atoms with Gasteiger partial charge >= 0.3 is 6.03 Å². The monoisotopic (exact) mass is 345 g/mol. The maximum absolute atomic E-state index is 11.7. The summed E-state index contributed by atoms with van der Waals surface area (Å²) in [6.45, 7) is 10.2. The largest absolute Gasteiger partial charge is 0.377 e.